The quantitative estimate of drug-likeness (QED) is 0.794. The first-order valence-electron chi connectivity index (χ1n) is 7.27. The lowest BCUT2D eigenvalue weighted by atomic mass is 10.0. The monoisotopic (exact) mass is 329 g/mol. The average molecular weight is 329 g/mol. The summed E-state index contributed by atoms with van der Waals surface area (Å²) in [6.45, 7) is 4.50. The molecule has 0 aliphatic rings. The standard InChI is InChI=1S/C17H19N3O2S/c1-9-13(21-3)6-14(22-4)10(2)16(9)17-20-12-8-19-11(7-18)5-15(12)23-17/h5-6,8H,7,18H2,1-4H3. The number of benzene rings is 1. The Balaban J connectivity index is 2.25. The molecule has 0 saturated heterocycles. The number of methoxy groups -OCH3 is 2. The van der Waals surface area contributed by atoms with E-state index in [1.807, 2.05) is 26.0 Å². The van der Waals surface area contributed by atoms with E-state index in [9.17, 15) is 0 Å². The number of nitrogens with zero attached hydrogens (tertiary/aromatic N) is 2. The fourth-order valence-corrected chi connectivity index (χ4v) is 3.86. The van der Waals surface area contributed by atoms with Gasteiger partial charge >= 0.3 is 0 Å². The van der Waals surface area contributed by atoms with E-state index >= 15 is 0 Å². The minimum Gasteiger partial charge on any atom is -0.496 e. The van der Waals surface area contributed by atoms with Crippen LogP contribution < -0.4 is 15.2 Å². The summed E-state index contributed by atoms with van der Waals surface area (Å²) in [5, 5.41) is 0.933. The Hall–Kier alpha value is -2.18. The molecule has 0 aliphatic heterocycles. The lowest BCUT2D eigenvalue weighted by molar-refractivity contribution is 0.391. The van der Waals surface area contributed by atoms with Gasteiger partial charge in [0.15, 0.2) is 0 Å². The van der Waals surface area contributed by atoms with E-state index in [0.717, 1.165) is 49.1 Å². The zero-order valence-electron chi connectivity index (χ0n) is 13.6. The van der Waals surface area contributed by atoms with E-state index in [0.29, 0.717) is 6.54 Å². The second-order valence-electron chi connectivity index (χ2n) is 5.27. The highest BCUT2D eigenvalue weighted by Crippen LogP contribution is 2.41. The van der Waals surface area contributed by atoms with E-state index in [-0.39, 0.29) is 0 Å². The largest absolute Gasteiger partial charge is 0.496 e. The van der Waals surface area contributed by atoms with Crippen LogP contribution in [0, 0.1) is 13.8 Å². The summed E-state index contributed by atoms with van der Waals surface area (Å²) >= 11 is 1.63. The fraction of sp³-hybridized carbons (Fsp3) is 0.294. The Bertz CT molecular complexity index is 846. The van der Waals surface area contributed by atoms with Gasteiger partial charge in [-0.2, -0.15) is 0 Å². The molecule has 0 spiro atoms. The molecule has 6 heteroatoms. The second kappa shape index (κ2) is 6.14. The van der Waals surface area contributed by atoms with Crippen molar-refractivity contribution in [2.75, 3.05) is 14.2 Å². The van der Waals surface area contributed by atoms with Crippen LogP contribution in [-0.4, -0.2) is 24.2 Å². The van der Waals surface area contributed by atoms with E-state index < -0.39 is 0 Å². The predicted molar refractivity (Wildman–Crippen MR) is 93.3 cm³/mol. The van der Waals surface area contributed by atoms with Gasteiger partial charge in [0.25, 0.3) is 0 Å². The van der Waals surface area contributed by atoms with Crippen LogP contribution >= 0.6 is 11.3 Å². The smallest absolute Gasteiger partial charge is 0.126 e. The summed E-state index contributed by atoms with van der Waals surface area (Å²) in [6.07, 6.45) is 1.78. The van der Waals surface area contributed by atoms with Gasteiger partial charge in [-0.05, 0) is 19.9 Å². The molecule has 0 amide bonds. The maximum Gasteiger partial charge on any atom is 0.126 e. The third-order valence-corrected chi connectivity index (χ3v) is 4.98. The highest BCUT2D eigenvalue weighted by Gasteiger charge is 2.18. The van der Waals surface area contributed by atoms with Gasteiger partial charge in [-0.3, -0.25) is 4.98 Å². The van der Waals surface area contributed by atoms with Crippen LogP contribution in [0.15, 0.2) is 18.3 Å². The summed E-state index contributed by atoms with van der Waals surface area (Å²) in [5.41, 5.74) is 10.6. The van der Waals surface area contributed by atoms with Crippen LogP contribution in [-0.2, 0) is 6.54 Å². The van der Waals surface area contributed by atoms with Crippen molar-refractivity contribution in [3.05, 3.63) is 35.2 Å². The van der Waals surface area contributed by atoms with Crippen molar-refractivity contribution in [3.63, 3.8) is 0 Å². The average Bonchev–Trinajstić information content (AvgIpc) is 2.97. The third kappa shape index (κ3) is 2.64. The minimum absolute atomic E-state index is 0.425. The SMILES string of the molecule is COc1cc(OC)c(C)c(-c2nc3cnc(CN)cc3s2)c1C. The second-order valence-corrected chi connectivity index (χ2v) is 6.30. The molecule has 1 aromatic carbocycles. The summed E-state index contributed by atoms with van der Waals surface area (Å²) in [4.78, 5) is 9.05. The molecule has 0 atom stereocenters. The van der Waals surface area contributed by atoms with Gasteiger partial charge in [0.1, 0.15) is 22.0 Å². The molecule has 2 N–H and O–H groups in total. The number of rotatable bonds is 4. The predicted octanol–water partition coefficient (Wildman–Crippen LogP) is 3.45. The molecular formula is C17H19N3O2S. The van der Waals surface area contributed by atoms with Gasteiger partial charge in [0.05, 0.1) is 30.8 Å². The molecular weight excluding hydrogens is 310 g/mol. The van der Waals surface area contributed by atoms with Crippen LogP contribution in [0.1, 0.15) is 16.8 Å². The Labute approximate surface area is 139 Å². The van der Waals surface area contributed by atoms with Crippen LogP contribution in [0.3, 0.4) is 0 Å². The van der Waals surface area contributed by atoms with Crippen molar-refractivity contribution >= 4 is 21.6 Å². The lowest BCUT2D eigenvalue weighted by Crippen LogP contribution is -1.98. The lowest BCUT2D eigenvalue weighted by Gasteiger charge is -2.15. The fourth-order valence-electron chi connectivity index (χ4n) is 2.70. The molecule has 0 fully saturated rings. The number of pyridine rings is 1. The van der Waals surface area contributed by atoms with Gasteiger partial charge in [0, 0.05) is 29.3 Å². The maximum absolute atomic E-state index is 5.67. The summed E-state index contributed by atoms with van der Waals surface area (Å²) in [6, 6.07) is 3.91. The molecule has 0 bridgehead atoms. The van der Waals surface area contributed by atoms with Crippen molar-refractivity contribution in [3.8, 4) is 22.1 Å². The molecule has 3 aromatic rings. The third-order valence-electron chi connectivity index (χ3n) is 3.95. The van der Waals surface area contributed by atoms with Gasteiger partial charge in [0.2, 0.25) is 0 Å². The number of ether oxygens (including phenoxy) is 2. The Kier molecular flexibility index (Phi) is 4.19. The first-order valence-corrected chi connectivity index (χ1v) is 8.08. The topological polar surface area (TPSA) is 70.3 Å². The Morgan fingerprint density at radius 2 is 1.74 bits per heavy atom. The summed E-state index contributed by atoms with van der Waals surface area (Å²) in [7, 11) is 3.33. The highest BCUT2D eigenvalue weighted by molar-refractivity contribution is 7.21. The first kappa shape index (κ1) is 15.7. The van der Waals surface area contributed by atoms with Crippen molar-refractivity contribution in [2.45, 2.75) is 20.4 Å². The maximum atomic E-state index is 5.67. The molecule has 0 radical (unpaired) electrons. The normalized spacial score (nSPS) is 11.0. The molecule has 5 nitrogen and oxygen atoms in total. The van der Waals surface area contributed by atoms with Gasteiger partial charge in [-0.25, -0.2) is 4.98 Å². The van der Waals surface area contributed by atoms with E-state index in [2.05, 4.69) is 4.98 Å². The zero-order valence-corrected chi connectivity index (χ0v) is 14.5. The van der Waals surface area contributed by atoms with E-state index in [1.54, 1.807) is 31.8 Å². The Morgan fingerprint density at radius 3 is 2.30 bits per heavy atom. The van der Waals surface area contributed by atoms with Gasteiger partial charge in [-0.1, -0.05) is 0 Å². The molecule has 2 heterocycles. The van der Waals surface area contributed by atoms with Crippen LogP contribution in [0.2, 0.25) is 0 Å². The number of thiazole rings is 1. The van der Waals surface area contributed by atoms with Gasteiger partial charge in [-0.15, -0.1) is 11.3 Å². The molecule has 0 aliphatic carbocycles. The molecule has 0 saturated carbocycles. The summed E-state index contributed by atoms with van der Waals surface area (Å²) < 4.78 is 12.0. The van der Waals surface area contributed by atoms with Gasteiger partial charge < -0.3 is 15.2 Å². The molecule has 120 valence electrons. The van der Waals surface area contributed by atoms with Crippen molar-refractivity contribution < 1.29 is 9.47 Å². The van der Waals surface area contributed by atoms with Crippen LogP contribution in [0.5, 0.6) is 11.5 Å². The molecule has 0 unspecified atom stereocenters. The number of nitrogens with two attached hydrogens (primary N) is 1. The summed E-state index contributed by atoms with van der Waals surface area (Å²) in [5.74, 6) is 1.59. The molecule has 23 heavy (non-hydrogen) atoms. The zero-order chi connectivity index (χ0) is 16.6. The number of fused-ring (bicyclic) bond motifs is 1. The minimum atomic E-state index is 0.425. The van der Waals surface area contributed by atoms with Crippen LogP contribution in [0.25, 0.3) is 20.8 Å². The number of hydrogen-bond donors (Lipinski definition) is 1. The highest BCUT2D eigenvalue weighted by atomic mass is 32.1. The van der Waals surface area contributed by atoms with E-state index in [4.69, 9.17) is 20.2 Å². The van der Waals surface area contributed by atoms with Crippen molar-refractivity contribution in [1.29, 1.82) is 0 Å². The van der Waals surface area contributed by atoms with Crippen molar-refractivity contribution in [2.24, 2.45) is 5.73 Å². The van der Waals surface area contributed by atoms with Crippen molar-refractivity contribution in [1.82, 2.24) is 9.97 Å². The van der Waals surface area contributed by atoms with Crippen LogP contribution in [0.4, 0.5) is 0 Å². The number of aromatic nitrogens is 2. The first-order chi connectivity index (χ1) is 11.1. The van der Waals surface area contributed by atoms with E-state index in [1.165, 1.54) is 0 Å². The number of hydrogen-bond acceptors (Lipinski definition) is 6. The molecule has 3 rings (SSSR count). The molecule has 2 aromatic heterocycles. The Morgan fingerprint density at radius 1 is 1.09 bits per heavy atom.